The highest BCUT2D eigenvalue weighted by molar-refractivity contribution is 6.07. The van der Waals surface area contributed by atoms with Gasteiger partial charge in [-0.15, -0.1) is 6.58 Å². The van der Waals surface area contributed by atoms with Gasteiger partial charge in [0.25, 0.3) is 0 Å². The number of carbonyl (C=O) groups is 2. The SMILES string of the molecule is C=C[C@H](C)[C@@](O)(C(C)=O)C(=O)Oc1ccccc1. The fraction of sp³-hybridized carbons (Fsp3) is 0.286. The second kappa shape index (κ2) is 5.60. The third-order valence-electron chi connectivity index (χ3n) is 2.81. The van der Waals surface area contributed by atoms with Gasteiger partial charge in [0.05, 0.1) is 0 Å². The van der Waals surface area contributed by atoms with Gasteiger partial charge in [-0.3, -0.25) is 4.79 Å². The van der Waals surface area contributed by atoms with Crippen LogP contribution in [0, 0.1) is 5.92 Å². The van der Waals surface area contributed by atoms with E-state index in [0.29, 0.717) is 0 Å². The van der Waals surface area contributed by atoms with E-state index in [9.17, 15) is 14.7 Å². The fourth-order valence-electron chi connectivity index (χ4n) is 1.49. The van der Waals surface area contributed by atoms with Gasteiger partial charge < -0.3 is 9.84 Å². The predicted molar refractivity (Wildman–Crippen MR) is 67.1 cm³/mol. The summed E-state index contributed by atoms with van der Waals surface area (Å²) in [6.45, 7) is 6.15. The Labute approximate surface area is 106 Å². The number of rotatable bonds is 5. The summed E-state index contributed by atoms with van der Waals surface area (Å²) < 4.78 is 5.01. The highest BCUT2D eigenvalue weighted by Crippen LogP contribution is 2.23. The molecule has 1 aromatic carbocycles. The Morgan fingerprint density at radius 2 is 1.94 bits per heavy atom. The van der Waals surface area contributed by atoms with Gasteiger partial charge in [-0.1, -0.05) is 31.2 Å². The number of benzene rings is 1. The highest BCUT2D eigenvalue weighted by atomic mass is 16.6. The predicted octanol–water partition coefficient (Wildman–Crippen LogP) is 1.73. The maximum atomic E-state index is 11.9. The van der Waals surface area contributed by atoms with Crippen LogP contribution in [0.5, 0.6) is 5.75 Å². The van der Waals surface area contributed by atoms with Gasteiger partial charge in [0.1, 0.15) is 5.75 Å². The average Bonchev–Trinajstić information content (AvgIpc) is 2.37. The van der Waals surface area contributed by atoms with Crippen LogP contribution in [0.25, 0.3) is 0 Å². The van der Waals surface area contributed by atoms with Crippen LogP contribution >= 0.6 is 0 Å². The van der Waals surface area contributed by atoms with Crippen LogP contribution in [-0.4, -0.2) is 22.5 Å². The molecule has 0 aromatic heterocycles. The van der Waals surface area contributed by atoms with Gasteiger partial charge in [-0.25, -0.2) is 4.79 Å². The Bertz CT molecular complexity index is 452. The normalized spacial score (nSPS) is 15.3. The van der Waals surface area contributed by atoms with Crippen molar-refractivity contribution in [2.24, 2.45) is 5.92 Å². The van der Waals surface area contributed by atoms with Crippen molar-refractivity contribution in [3.8, 4) is 5.75 Å². The zero-order chi connectivity index (χ0) is 13.8. The lowest BCUT2D eigenvalue weighted by Crippen LogP contribution is -2.52. The van der Waals surface area contributed by atoms with E-state index in [1.54, 1.807) is 30.3 Å². The molecular formula is C14H16O4. The Kier molecular flexibility index (Phi) is 4.39. The van der Waals surface area contributed by atoms with E-state index in [1.165, 1.54) is 13.0 Å². The van der Waals surface area contributed by atoms with Gasteiger partial charge in [0.15, 0.2) is 5.78 Å². The molecule has 0 aliphatic heterocycles. The molecular weight excluding hydrogens is 232 g/mol. The highest BCUT2D eigenvalue weighted by Gasteiger charge is 2.47. The first-order valence-electron chi connectivity index (χ1n) is 5.56. The number of esters is 1. The zero-order valence-electron chi connectivity index (χ0n) is 10.4. The Morgan fingerprint density at radius 1 is 1.39 bits per heavy atom. The van der Waals surface area contributed by atoms with Crippen molar-refractivity contribution in [3.05, 3.63) is 43.0 Å². The van der Waals surface area contributed by atoms with E-state index in [4.69, 9.17) is 4.74 Å². The van der Waals surface area contributed by atoms with E-state index in [2.05, 4.69) is 6.58 Å². The summed E-state index contributed by atoms with van der Waals surface area (Å²) in [5.74, 6) is -2.12. The molecule has 0 unspecified atom stereocenters. The smallest absolute Gasteiger partial charge is 0.351 e. The minimum absolute atomic E-state index is 0.276. The van der Waals surface area contributed by atoms with Crippen LogP contribution in [0.3, 0.4) is 0 Å². The van der Waals surface area contributed by atoms with E-state index < -0.39 is 23.3 Å². The molecule has 0 aliphatic carbocycles. The second-order valence-corrected chi connectivity index (χ2v) is 4.05. The molecule has 4 nitrogen and oxygen atoms in total. The van der Waals surface area contributed by atoms with Crippen LogP contribution in [0.1, 0.15) is 13.8 Å². The standard InChI is InChI=1S/C14H16O4/c1-4-10(2)14(17,11(3)15)13(16)18-12-8-6-5-7-9-12/h4-10,17H,1H2,2-3H3/t10-,14+/m0/s1. The summed E-state index contributed by atoms with van der Waals surface area (Å²) in [5.41, 5.74) is -2.20. The Hall–Kier alpha value is -1.94. The molecule has 1 aromatic rings. The van der Waals surface area contributed by atoms with Crippen molar-refractivity contribution in [2.75, 3.05) is 0 Å². The summed E-state index contributed by atoms with van der Waals surface area (Å²) in [7, 11) is 0. The van der Waals surface area contributed by atoms with Crippen LogP contribution in [0.4, 0.5) is 0 Å². The van der Waals surface area contributed by atoms with Gasteiger partial charge in [-0.2, -0.15) is 0 Å². The Morgan fingerprint density at radius 3 is 2.39 bits per heavy atom. The summed E-state index contributed by atoms with van der Waals surface area (Å²) >= 11 is 0. The van der Waals surface area contributed by atoms with Gasteiger partial charge >= 0.3 is 5.97 Å². The molecule has 0 saturated heterocycles. The third kappa shape index (κ3) is 2.65. The lowest BCUT2D eigenvalue weighted by atomic mass is 9.85. The van der Waals surface area contributed by atoms with Crippen molar-refractivity contribution < 1.29 is 19.4 Å². The first-order chi connectivity index (χ1) is 8.42. The monoisotopic (exact) mass is 248 g/mol. The summed E-state index contributed by atoms with van der Waals surface area (Å²) in [4.78, 5) is 23.4. The number of ketones is 1. The second-order valence-electron chi connectivity index (χ2n) is 4.05. The van der Waals surface area contributed by atoms with Crippen molar-refractivity contribution >= 4 is 11.8 Å². The summed E-state index contributed by atoms with van der Waals surface area (Å²) in [6.07, 6.45) is 1.34. The number of carbonyl (C=O) groups excluding carboxylic acids is 2. The molecule has 2 atom stereocenters. The third-order valence-corrected chi connectivity index (χ3v) is 2.81. The van der Waals surface area contributed by atoms with Crippen molar-refractivity contribution in [1.82, 2.24) is 0 Å². The molecule has 0 radical (unpaired) electrons. The maximum absolute atomic E-state index is 11.9. The van der Waals surface area contributed by atoms with E-state index in [1.807, 2.05) is 0 Å². The zero-order valence-corrected chi connectivity index (χ0v) is 10.4. The van der Waals surface area contributed by atoms with Crippen molar-refractivity contribution in [3.63, 3.8) is 0 Å². The fourth-order valence-corrected chi connectivity index (χ4v) is 1.49. The van der Waals surface area contributed by atoms with Crippen molar-refractivity contribution in [2.45, 2.75) is 19.4 Å². The number of Topliss-reactive ketones (excluding diaryl/α,β-unsaturated/α-hetero) is 1. The molecule has 1 N–H and O–H groups in total. The average molecular weight is 248 g/mol. The van der Waals surface area contributed by atoms with Crippen LogP contribution < -0.4 is 4.74 Å². The lowest BCUT2D eigenvalue weighted by Gasteiger charge is -2.27. The van der Waals surface area contributed by atoms with E-state index in [0.717, 1.165) is 6.92 Å². The number of aliphatic hydroxyl groups is 1. The van der Waals surface area contributed by atoms with Crippen LogP contribution in [0.15, 0.2) is 43.0 Å². The minimum atomic E-state index is -2.20. The van der Waals surface area contributed by atoms with Gasteiger partial charge in [0, 0.05) is 5.92 Å². The van der Waals surface area contributed by atoms with Crippen molar-refractivity contribution in [1.29, 1.82) is 0 Å². The first-order valence-corrected chi connectivity index (χ1v) is 5.56. The molecule has 0 spiro atoms. The molecule has 0 aliphatic rings. The molecule has 0 fully saturated rings. The molecule has 1 rings (SSSR count). The maximum Gasteiger partial charge on any atom is 0.351 e. The molecule has 0 heterocycles. The molecule has 18 heavy (non-hydrogen) atoms. The lowest BCUT2D eigenvalue weighted by molar-refractivity contribution is -0.165. The summed E-state index contributed by atoms with van der Waals surface area (Å²) in [6, 6.07) is 8.27. The molecule has 0 saturated carbocycles. The quantitative estimate of drug-likeness (QED) is 0.373. The Balaban J connectivity index is 2.98. The topological polar surface area (TPSA) is 63.6 Å². The summed E-state index contributed by atoms with van der Waals surface area (Å²) in [5, 5.41) is 10.2. The number of para-hydroxylation sites is 1. The minimum Gasteiger partial charge on any atom is -0.424 e. The van der Waals surface area contributed by atoms with Gasteiger partial charge in [0.2, 0.25) is 5.60 Å². The number of ether oxygens (including phenoxy) is 1. The first kappa shape index (κ1) is 14.1. The number of hydrogen-bond donors (Lipinski definition) is 1. The van der Waals surface area contributed by atoms with Crippen LogP contribution in [0.2, 0.25) is 0 Å². The molecule has 0 amide bonds. The van der Waals surface area contributed by atoms with E-state index in [-0.39, 0.29) is 5.75 Å². The van der Waals surface area contributed by atoms with Crippen LogP contribution in [-0.2, 0) is 9.59 Å². The molecule has 0 bridgehead atoms. The van der Waals surface area contributed by atoms with Gasteiger partial charge in [-0.05, 0) is 19.1 Å². The van der Waals surface area contributed by atoms with E-state index >= 15 is 0 Å². The molecule has 96 valence electrons. The largest absolute Gasteiger partial charge is 0.424 e. The number of hydrogen-bond acceptors (Lipinski definition) is 4. The molecule has 4 heteroatoms.